The smallest absolute Gasteiger partial charge is 0.375 e. The molecule has 0 heterocycles. The molecule has 0 bridgehead atoms. The van der Waals surface area contributed by atoms with Crippen molar-refractivity contribution in [2.75, 3.05) is 6.54 Å². The highest BCUT2D eigenvalue weighted by molar-refractivity contribution is 7.89. The van der Waals surface area contributed by atoms with Crippen LogP contribution < -0.4 is 4.72 Å². The number of aryl methyl sites for hydroxylation is 1. The van der Waals surface area contributed by atoms with Crippen molar-refractivity contribution in [2.45, 2.75) is 23.6 Å². The summed E-state index contributed by atoms with van der Waals surface area (Å²) in [4.78, 5) is -0.757. The Labute approximate surface area is 142 Å². The highest BCUT2D eigenvalue weighted by Crippen LogP contribution is 2.38. The van der Waals surface area contributed by atoms with Gasteiger partial charge in [-0.25, -0.2) is 17.5 Å². The van der Waals surface area contributed by atoms with E-state index < -0.39 is 44.6 Å². The van der Waals surface area contributed by atoms with Crippen molar-refractivity contribution in [2.24, 2.45) is 0 Å². The zero-order valence-corrected chi connectivity index (χ0v) is 13.8. The van der Waals surface area contributed by atoms with Crippen molar-refractivity contribution < 1.29 is 31.1 Å². The van der Waals surface area contributed by atoms with Crippen LogP contribution in [0.5, 0.6) is 0 Å². The van der Waals surface area contributed by atoms with Gasteiger partial charge in [0, 0.05) is 0 Å². The fourth-order valence-electron chi connectivity index (χ4n) is 2.31. The van der Waals surface area contributed by atoms with E-state index in [4.69, 9.17) is 0 Å². The van der Waals surface area contributed by atoms with Gasteiger partial charge in [-0.2, -0.15) is 13.2 Å². The molecule has 9 heteroatoms. The lowest BCUT2D eigenvalue weighted by Crippen LogP contribution is -2.51. The summed E-state index contributed by atoms with van der Waals surface area (Å²) >= 11 is 0. The molecule has 2 rings (SSSR count). The molecule has 25 heavy (non-hydrogen) atoms. The van der Waals surface area contributed by atoms with Crippen LogP contribution in [0.15, 0.2) is 53.4 Å². The summed E-state index contributed by atoms with van der Waals surface area (Å²) < 4.78 is 80.1. The Bertz CT molecular complexity index is 833. The molecular weight excluding hydrogens is 362 g/mol. The van der Waals surface area contributed by atoms with Crippen LogP contribution in [0.25, 0.3) is 0 Å². The van der Waals surface area contributed by atoms with Crippen molar-refractivity contribution in [1.29, 1.82) is 0 Å². The summed E-state index contributed by atoms with van der Waals surface area (Å²) in [5.74, 6) is -1.09. The molecular formula is C16H15F4NO3S. The van der Waals surface area contributed by atoms with Crippen LogP contribution in [0.2, 0.25) is 0 Å². The average Bonchev–Trinajstić information content (AvgIpc) is 2.52. The van der Waals surface area contributed by atoms with Crippen LogP contribution in [-0.2, 0) is 15.6 Å². The third-order valence-electron chi connectivity index (χ3n) is 3.67. The topological polar surface area (TPSA) is 66.4 Å². The number of hydrogen-bond donors (Lipinski definition) is 2. The molecule has 0 fully saturated rings. The van der Waals surface area contributed by atoms with E-state index in [1.807, 2.05) is 0 Å². The first-order valence-corrected chi connectivity index (χ1v) is 8.57. The summed E-state index contributed by atoms with van der Waals surface area (Å²) in [6, 6.07) is 9.53. The normalized spacial score (nSPS) is 15.0. The lowest BCUT2D eigenvalue weighted by atomic mass is 9.93. The number of sulfonamides is 1. The van der Waals surface area contributed by atoms with Crippen molar-refractivity contribution in [3.63, 3.8) is 0 Å². The Hall–Kier alpha value is -1.97. The zero-order valence-electron chi connectivity index (χ0n) is 13.0. The van der Waals surface area contributed by atoms with Gasteiger partial charge in [-0.15, -0.1) is 0 Å². The summed E-state index contributed by atoms with van der Waals surface area (Å²) in [6.45, 7) is -0.0819. The second-order valence-corrected chi connectivity index (χ2v) is 7.14. The minimum atomic E-state index is -5.15. The molecule has 0 aliphatic carbocycles. The van der Waals surface area contributed by atoms with Crippen LogP contribution >= 0.6 is 0 Å². The van der Waals surface area contributed by atoms with Gasteiger partial charge in [0.2, 0.25) is 10.0 Å². The molecule has 2 aromatic rings. The molecule has 0 radical (unpaired) electrons. The lowest BCUT2D eigenvalue weighted by Gasteiger charge is -2.31. The van der Waals surface area contributed by atoms with Gasteiger partial charge in [0.05, 0.1) is 6.54 Å². The van der Waals surface area contributed by atoms with Crippen molar-refractivity contribution >= 4 is 10.0 Å². The predicted octanol–water partition coefficient (Wildman–Crippen LogP) is 2.86. The minimum Gasteiger partial charge on any atom is -0.375 e. The van der Waals surface area contributed by atoms with Crippen LogP contribution in [0, 0.1) is 12.7 Å². The number of rotatable bonds is 5. The van der Waals surface area contributed by atoms with E-state index in [0.717, 1.165) is 18.2 Å². The average molecular weight is 377 g/mol. The van der Waals surface area contributed by atoms with Crippen molar-refractivity contribution in [3.05, 3.63) is 65.5 Å². The molecule has 2 N–H and O–H groups in total. The van der Waals surface area contributed by atoms with E-state index in [9.17, 15) is 31.1 Å². The van der Waals surface area contributed by atoms with Crippen molar-refractivity contribution in [1.82, 2.24) is 4.72 Å². The summed E-state index contributed by atoms with van der Waals surface area (Å²) in [5.41, 5.74) is -3.96. The Morgan fingerprint density at radius 1 is 1.04 bits per heavy atom. The first kappa shape index (κ1) is 19.4. The molecule has 0 aliphatic heterocycles. The first-order chi connectivity index (χ1) is 11.5. The number of nitrogens with one attached hydrogen (secondary N) is 1. The summed E-state index contributed by atoms with van der Waals surface area (Å²) in [6.07, 6.45) is -5.15. The van der Waals surface area contributed by atoms with E-state index in [1.165, 1.54) is 37.3 Å². The monoisotopic (exact) mass is 377 g/mol. The Kier molecular flexibility index (Phi) is 5.22. The third kappa shape index (κ3) is 3.83. The van der Waals surface area contributed by atoms with Gasteiger partial charge < -0.3 is 5.11 Å². The van der Waals surface area contributed by atoms with Crippen LogP contribution in [0.4, 0.5) is 17.6 Å². The Morgan fingerprint density at radius 2 is 1.64 bits per heavy atom. The minimum absolute atomic E-state index is 0.0303. The SMILES string of the molecule is Cc1cccc(F)c1S(=O)(=O)NCC(O)(c1ccccc1)C(F)(F)F. The number of aliphatic hydroxyl groups is 1. The Balaban J connectivity index is 2.39. The Morgan fingerprint density at radius 3 is 2.16 bits per heavy atom. The zero-order chi connectivity index (χ0) is 18.9. The predicted molar refractivity (Wildman–Crippen MR) is 82.7 cm³/mol. The highest BCUT2D eigenvalue weighted by atomic mass is 32.2. The van der Waals surface area contributed by atoms with Gasteiger partial charge in [0.1, 0.15) is 10.7 Å². The fourth-order valence-corrected chi connectivity index (χ4v) is 3.67. The second-order valence-electron chi connectivity index (χ2n) is 5.43. The third-order valence-corrected chi connectivity index (χ3v) is 5.25. The van der Waals surface area contributed by atoms with Crippen LogP contribution in [0.3, 0.4) is 0 Å². The maximum Gasteiger partial charge on any atom is 0.422 e. The quantitative estimate of drug-likeness (QED) is 0.788. The van der Waals surface area contributed by atoms with Gasteiger partial charge >= 0.3 is 6.18 Å². The number of benzene rings is 2. The molecule has 0 aromatic heterocycles. The molecule has 0 amide bonds. The molecule has 1 atom stereocenters. The molecule has 0 saturated carbocycles. The van der Waals surface area contributed by atoms with Gasteiger partial charge in [0.15, 0.2) is 5.60 Å². The van der Waals surface area contributed by atoms with Gasteiger partial charge in [-0.05, 0) is 24.1 Å². The fraction of sp³-hybridized carbons (Fsp3) is 0.250. The maximum atomic E-state index is 13.8. The molecule has 136 valence electrons. The largest absolute Gasteiger partial charge is 0.422 e. The molecule has 4 nitrogen and oxygen atoms in total. The van der Waals surface area contributed by atoms with Crippen LogP contribution in [-0.4, -0.2) is 26.2 Å². The van der Waals surface area contributed by atoms with Gasteiger partial charge in [-0.3, -0.25) is 0 Å². The number of hydrogen-bond acceptors (Lipinski definition) is 3. The second kappa shape index (κ2) is 6.74. The maximum absolute atomic E-state index is 13.8. The number of alkyl halides is 3. The van der Waals surface area contributed by atoms with E-state index >= 15 is 0 Å². The van der Waals surface area contributed by atoms with E-state index in [2.05, 4.69) is 0 Å². The van der Waals surface area contributed by atoms with Crippen molar-refractivity contribution in [3.8, 4) is 0 Å². The molecule has 0 saturated heterocycles. The van der Waals surface area contributed by atoms with E-state index in [-0.39, 0.29) is 5.56 Å². The van der Waals surface area contributed by atoms with E-state index in [1.54, 1.807) is 4.72 Å². The lowest BCUT2D eigenvalue weighted by molar-refractivity contribution is -0.263. The highest BCUT2D eigenvalue weighted by Gasteiger charge is 2.55. The molecule has 0 spiro atoms. The van der Waals surface area contributed by atoms with Crippen LogP contribution in [0.1, 0.15) is 11.1 Å². The molecule has 2 aromatic carbocycles. The summed E-state index contributed by atoms with van der Waals surface area (Å²) in [5, 5.41) is 10.1. The first-order valence-electron chi connectivity index (χ1n) is 7.08. The molecule has 1 unspecified atom stereocenters. The summed E-state index contributed by atoms with van der Waals surface area (Å²) in [7, 11) is -4.61. The van der Waals surface area contributed by atoms with Gasteiger partial charge in [0.25, 0.3) is 0 Å². The molecule has 0 aliphatic rings. The standard InChI is InChI=1S/C16H15F4NO3S/c1-11-6-5-9-13(17)14(11)25(23,24)21-10-15(22,16(18,19)20)12-7-3-2-4-8-12/h2-9,21-22H,10H2,1H3. The van der Waals surface area contributed by atoms with E-state index in [0.29, 0.717) is 0 Å². The van der Waals surface area contributed by atoms with Gasteiger partial charge in [-0.1, -0.05) is 42.5 Å². The number of halogens is 4.